The van der Waals surface area contributed by atoms with Gasteiger partial charge in [0.25, 0.3) is 0 Å². The van der Waals surface area contributed by atoms with Crippen LogP contribution in [0.5, 0.6) is 0 Å². The molecule has 0 spiro atoms. The number of aromatic carboxylic acids is 1. The number of carboxylic acid groups (broad SMARTS) is 1. The van der Waals surface area contributed by atoms with Crippen molar-refractivity contribution in [3.05, 3.63) is 16.1 Å². The van der Waals surface area contributed by atoms with Crippen LogP contribution in [0.15, 0.2) is 5.38 Å². The van der Waals surface area contributed by atoms with Gasteiger partial charge in [-0.05, 0) is 24.7 Å². The molecule has 0 radical (unpaired) electrons. The average molecular weight is 310 g/mol. The van der Waals surface area contributed by atoms with E-state index in [4.69, 9.17) is 5.11 Å². The van der Waals surface area contributed by atoms with Crippen molar-refractivity contribution in [2.75, 3.05) is 6.54 Å². The predicted octanol–water partition coefficient (Wildman–Crippen LogP) is 2.72. The lowest BCUT2D eigenvalue weighted by atomic mass is 9.81. The van der Waals surface area contributed by atoms with Crippen LogP contribution in [0.1, 0.15) is 54.5 Å². The van der Waals surface area contributed by atoms with Gasteiger partial charge in [-0.25, -0.2) is 9.78 Å². The summed E-state index contributed by atoms with van der Waals surface area (Å²) in [6.07, 6.45) is 6.03. The van der Waals surface area contributed by atoms with Crippen LogP contribution in [-0.4, -0.2) is 28.5 Å². The van der Waals surface area contributed by atoms with Crippen molar-refractivity contribution < 1.29 is 14.7 Å². The monoisotopic (exact) mass is 310 g/mol. The molecule has 1 saturated carbocycles. The van der Waals surface area contributed by atoms with Gasteiger partial charge in [-0.1, -0.05) is 19.8 Å². The van der Waals surface area contributed by atoms with Crippen molar-refractivity contribution in [2.24, 2.45) is 11.8 Å². The third-order valence-electron chi connectivity index (χ3n) is 3.95. The number of carbonyl (C=O) groups is 2. The smallest absolute Gasteiger partial charge is 0.355 e. The highest BCUT2D eigenvalue weighted by Gasteiger charge is 2.21. The largest absolute Gasteiger partial charge is 0.476 e. The second kappa shape index (κ2) is 7.54. The van der Waals surface area contributed by atoms with Crippen molar-refractivity contribution in [1.29, 1.82) is 0 Å². The molecule has 1 heterocycles. The quantitative estimate of drug-likeness (QED) is 0.846. The van der Waals surface area contributed by atoms with Crippen LogP contribution in [0.3, 0.4) is 0 Å². The Bertz CT molecular complexity index is 501. The maximum Gasteiger partial charge on any atom is 0.355 e. The predicted molar refractivity (Wildman–Crippen MR) is 81.5 cm³/mol. The van der Waals surface area contributed by atoms with E-state index in [1.54, 1.807) is 0 Å². The molecule has 0 bridgehead atoms. The summed E-state index contributed by atoms with van der Waals surface area (Å²) in [7, 11) is 0. The van der Waals surface area contributed by atoms with Crippen LogP contribution in [0.2, 0.25) is 0 Å². The Balaban J connectivity index is 1.67. The zero-order chi connectivity index (χ0) is 15.2. The van der Waals surface area contributed by atoms with E-state index < -0.39 is 5.97 Å². The average Bonchev–Trinajstić information content (AvgIpc) is 2.87. The minimum Gasteiger partial charge on any atom is -0.476 e. The lowest BCUT2D eigenvalue weighted by Gasteiger charge is -2.26. The standard InChI is InChI=1S/C15H22N2O3S/c1-10-3-2-4-11(7-10)8-13(18)16-6-5-14-17-12(9-21-14)15(19)20/h9-11H,2-8H2,1H3,(H,16,18)(H,19,20). The van der Waals surface area contributed by atoms with Crippen LogP contribution in [0.4, 0.5) is 0 Å². The Labute approximate surface area is 128 Å². The second-order valence-corrected chi connectivity index (χ2v) is 6.82. The molecule has 2 rings (SSSR count). The molecule has 1 aromatic heterocycles. The molecule has 1 aliphatic rings. The van der Waals surface area contributed by atoms with E-state index in [9.17, 15) is 9.59 Å². The van der Waals surface area contributed by atoms with Gasteiger partial charge in [-0.3, -0.25) is 4.79 Å². The van der Waals surface area contributed by atoms with Gasteiger partial charge in [0, 0.05) is 24.8 Å². The molecule has 0 aromatic carbocycles. The van der Waals surface area contributed by atoms with Gasteiger partial charge in [-0.2, -0.15) is 0 Å². The van der Waals surface area contributed by atoms with Gasteiger partial charge >= 0.3 is 5.97 Å². The van der Waals surface area contributed by atoms with Crippen LogP contribution in [0.25, 0.3) is 0 Å². The fourth-order valence-electron chi connectivity index (χ4n) is 2.91. The first kappa shape index (κ1) is 15.9. The number of nitrogens with zero attached hydrogens (tertiary/aromatic N) is 1. The number of aromatic nitrogens is 1. The maximum atomic E-state index is 11.9. The third kappa shape index (κ3) is 5.12. The Morgan fingerprint density at radius 3 is 2.95 bits per heavy atom. The molecule has 116 valence electrons. The lowest BCUT2D eigenvalue weighted by Crippen LogP contribution is -2.29. The van der Waals surface area contributed by atoms with Crippen molar-refractivity contribution in [2.45, 2.75) is 45.4 Å². The van der Waals surface area contributed by atoms with E-state index in [2.05, 4.69) is 17.2 Å². The summed E-state index contributed by atoms with van der Waals surface area (Å²) in [5.41, 5.74) is 0.0810. The van der Waals surface area contributed by atoms with Crippen molar-refractivity contribution in [3.8, 4) is 0 Å². The first-order valence-corrected chi connectivity index (χ1v) is 8.37. The van der Waals surface area contributed by atoms with Crippen molar-refractivity contribution >= 4 is 23.2 Å². The Morgan fingerprint density at radius 1 is 1.48 bits per heavy atom. The highest BCUT2D eigenvalue weighted by molar-refractivity contribution is 7.09. The highest BCUT2D eigenvalue weighted by Crippen LogP contribution is 2.30. The molecule has 21 heavy (non-hydrogen) atoms. The normalized spacial score (nSPS) is 22.0. The fourth-order valence-corrected chi connectivity index (χ4v) is 3.68. The van der Waals surface area contributed by atoms with Crippen LogP contribution < -0.4 is 5.32 Å². The topological polar surface area (TPSA) is 79.3 Å². The minimum atomic E-state index is -1.01. The van der Waals surface area contributed by atoms with Gasteiger partial charge in [0.1, 0.15) is 0 Å². The summed E-state index contributed by atoms with van der Waals surface area (Å²) in [4.78, 5) is 26.6. The van der Waals surface area contributed by atoms with Crippen LogP contribution in [-0.2, 0) is 11.2 Å². The molecule has 6 heteroatoms. The molecule has 2 unspecified atom stereocenters. The Kier molecular flexibility index (Phi) is 5.73. The van der Waals surface area contributed by atoms with Gasteiger partial charge in [0.15, 0.2) is 5.69 Å². The summed E-state index contributed by atoms with van der Waals surface area (Å²) in [5, 5.41) is 14.0. The Morgan fingerprint density at radius 2 is 2.29 bits per heavy atom. The molecule has 5 nitrogen and oxygen atoms in total. The van der Waals surface area contributed by atoms with Crippen molar-refractivity contribution in [1.82, 2.24) is 10.3 Å². The maximum absolute atomic E-state index is 11.9. The molecular weight excluding hydrogens is 288 g/mol. The summed E-state index contributed by atoms with van der Waals surface area (Å²) in [5.74, 6) is 0.352. The number of hydrogen-bond donors (Lipinski definition) is 2. The number of amides is 1. The van der Waals surface area contributed by atoms with Gasteiger partial charge < -0.3 is 10.4 Å². The van der Waals surface area contributed by atoms with E-state index in [1.165, 1.54) is 29.6 Å². The minimum absolute atomic E-state index is 0.0810. The molecular formula is C15H22N2O3S. The highest BCUT2D eigenvalue weighted by atomic mass is 32.1. The molecule has 1 amide bonds. The molecule has 2 atom stereocenters. The van der Waals surface area contributed by atoms with Crippen molar-refractivity contribution in [3.63, 3.8) is 0 Å². The molecule has 1 aliphatic carbocycles. The summed E-state index contributed by atoms with van der Waals surface area (Å²) >= 11 is 1.32. The molecule has 1 fully saturated rings. The Hall–Kier alpha value is -1.43. The lowest BCUT2D eigenvalue weighted by molar-refractivity contribution is -0.122. The number of nitrogens with one attached hydrogen (secondary N) is 1. The molecule has 1 aromatic rings. The molecule has 0 aliphatic heterocycles. The van der Waals surface area contributed by atoms with E-state index in [1.807, 2.05) is 0 Å². The number of carboxylic acids is 1. The molecule has 2 N–H and O–H groups in total. The zero-order valence-electron chi connectivity index (χ0n) is 12.3. The second-order valence-electron chi connectivity index (χ2n) is 5.87. The van der Waals surface area contributed by atoms with Gasteiger partial charge in [0.05, 0.1) is 5.01 Å². The summed E-state index contributed by atoms with van der Waals surface area (Å²) in [6, 6.07) is 0. The van der Waals surface area contributed by atoms with Gasteiger partial charge in [-0.15, -0.1) is 11.3 Å². The fraction of sp³-hybridized carbons (Fsp3) is 0.667. The van der Waals surface area contributed by atoms with Crippen LogP contribution >= 0.6 is 11.3 Å². The number of thiazole rings is 1. The summed E-state index contributed by atoms with van der Waals surface area (Å²) in [6.45, 7) is 2.78. The summed E-state index contributed by atoms with van der Waals surface area (Å²) < 4.78 is 0. The third-order valence-corrected chi connectivity index (χ3v) is 4.86. The first-order valence-electron chi connectivity index (χ1n) is 7.49. The van der Waals surface area contributed by atoms with E-state index in [0.717, 1.165) is 23.8 Å². The number of hydrogen-bond acceptors (Lipinski definition) is 4. The number of rotatable bonds is 6. The van der Waals surface area contributed by atoms with Gasteiger partial charge in [0.2, 0.25) is 5.91 Å². The van der Waals surface area contributed by atoms with E-state index in [-0.39, 0.29) is 11.6 Å². The SMILES string of the molecule is CC1CCCC(CC(=O)NCCc2nc(C(=O)O)cs2)C1. The number of carbonyl (C=O) groups excluding carboxylic acids is 1. The first-order chi connectivity index (χ1) is 10.0. The zero-order valence-corrected chi connectivity index (χ0v) is 13.1. The molecule has 0 saturated heterocycles. The van der Waals surface area contributed by atoms with Crippen LogP contribution in [0, 0.1) is 11.8 Å². The van der Waals surface area contributed by atoms with E-state index >= 15 is 0 Å². The van der Waals surface area contributed by atoms with E-state index in [0.29, 0.717) is 25.3 Å².